The number of esters is 1. The van der Waals surface area contributed by atoms with Gasteiger partial charge in [0.25, 0.3) is 0 Å². The second-order valence-corrected chi connectivity index (χ2v) is 6.98. The van der Waals surface area contributed by atoms with Gasteiger partial charge in [-0.1, -0.05) is 26.0 Å². The Hall–Kier alpha value is -1.63. The highest BCUT2D eigenvalue weighted by Gasteiger charge is 2.40. The van der Waals surface area contributed by atoms with Gasteiger partial charge in [0.1, 0.15) is 0 Å². The fraction of sp³-hybridized carbons (Fsp3) is 0.636. The lowest BCUT2D eigenvalue weighted by molar-refractivity contribution is -0.139. The highest BCUT2D eigenvalue weighted by atomic mass is 35.5. The monoisotopic (exact) mass is 428 g/mol. The summed E-state index contributed by atoms with van der Waals surface area (Å²) < 4.78 is 11.6. The Morgan fingerprint density at radius 3 is 2.28 bits per heavy atom. The third kappa shape index (κ3) is 8.33. The van der Waals surface area contributed by atoms with Crippen LogP contribution in [0, 0.1) is 0 Å². The second-order valence-electron chi connectivity index (χ2n) is 6.98. The molecule has 0 bridgehead atoms. The first-order valence-electron chi connectivity index (χ1n) is 10.2. The molecule has 0 aliphatic heterocycles. The highest BCUT2D eigenvalue weighted by molar-refractivity contribution is 5.89. The van der Waals surface area contributed by atoms with E-state index in [1.54, 1.807) is 6.92 Å². The lowest BCUT2D eigenvalue weighted by Gasteiger charge is -2.43. The van der Waals surface area contributed by atoms with Gasteiger partial charge in [0.05, 0.1) is 30.9 Å². The number of nitrogens with one attached hydrogen (secondary N) is 1. The summed E-state index contributed by atoms with van der Waals surface area (Å²) in [5.74, 6) is -0.494. The van der Waals surface area contributed by atoms with Gasteiger partial charge in [0.2, 0.25) is 5.91 Å². The van der Waals surface area contributed by atoms with Crippen LogP contribution >= 0.6 is 12.4 Å². The molecule has 29 heavy (non-hydrogen) atoms. The maximum absolute atomic E-state index is 12.4. The first-order valence-corrected chi connectivity index (χ1v) is 10.2. The molecule has 0 fully saturated rings. The van der Waals surface area contributed by atoms with Crippen molar-refractivity contribution < 1.29 is 19.1 Å². The van der Waals surface area contributed by atoms with E-state index in [1.165, 1.54) is 6.92 Å². The van der Waals surface area contributed by atoms with Gasteiger partial charge in [0, 0.05) is 32.0 Å². The zero-order chi connectivity index (χ0) is 21.1. The third-order valence-electron chi connectivity index (χ3n) is 4.89. The van der Waals surface area contributed by atoms with Crippen LogP contribution in [-0.4, -0.2) is 60.8 Å². The molecule has 6 nitrogen and oxygen atoms in total. The molecule has 0 spiro atoms. The van der Waals surface area contributed by atoms with Gasteiger partial charge in [-0.05, 0) is 25.8 Å². The van der Waals surface area contributed by atoms with Gasteiger partial charge >= 0.3 is 5.97 Å². The molecular formula is C22H37ClN2O4. The molecule has 3 unspecified atom stereocenters. The molecule has 0 aromatic carbocycles. The van der Waals surface area contributed by atoms with Crippen molar-refractivity contribution >= 4 is 24.3 Å². The SMILES string of the molecule is C=CCN(CC=C)C1C(NC(C)=O)CC(C(=O)OCC)=CC1OC(CC)CC.Cl. The van der Waals surface area contributed by atoms with Crippen LogP contribution in [-0.2, 0) is 19.1 Å². The summed E-state index contributed by atoms with van der Waals surface area (Å²) in [7, 11) is 0. The smallest absolute Gasteiger partial charge is 0.333 e. The Labute approximate surface area is 181 Å². The number of rotatable bonds is 12. The Balaban J connectivity index is 0.00000784. The first kappa shape index (κ1) is 27.4. The van der Waals surface area contributed by atoms with E-state index in [2.05, 4.69) is 37.2 Å². The molecule has 0 radical (unpaired) electrons. The van der Waals surface area contributed by atoms with E-state index in [-0.39, 0.29) is 48.6 Å². The van der Waals surface area contributed by atoms with Crippen LogP contribution < -0.4 is 5.32 Å². The van der Waals surface area contributed by atoms with Crippen molar-refractivity contribution in [3.05, 3.63) is 37.0 Å². The van der Waals surface area contributed by atoms with Gasteiger partial charge in [-0.3, -0.25) is 9.69 Å². The van der Waals surface area contributed by atoms with Crippen molar-refractivity contribution in [3.8, 4) is 0 Å². The van der Waals surface area contributed by atoms with E-state index >= 15 is 0 Å². The molecule has 1 aliphatic rings. The van der Waals surface area contributed by atoms with Crippen LogP contribution in [0.3, 0.4) is 0 Å². The highest BCUT2D eigenvalue weighted by Crippen LogP contribution is 2.28. The third-order valence-corrected chi connectivity index (χ3v) is 4.89. The molecule has 1 aliphatic carbocycles. The molecule has 1 rings (SSSR count). The lowest BCUT2D eigenvalue weighted by atomic mass is 9.86. The van der Waals surface area contributed by atoms with Gasteiger partial charge in [-0.15, -0.1) is 25.6 Å². The summed E-state index contributed by atoms with van der Waals surface area (Å²) in [6.45, 7) is 16.7. The van der Waals surface area contributed by atoms with Crippen molar-refractivity contribution in [1.82, 2.24) is 10.2 Å². The fourth-order valence-electron chi connectivity index (χ4n) is 3.66. The van der Waals surface area contributed by atoms with Crippen LogP contribution in [0.2, 0.25) is 0 Å². The minimum atomic E-state index is -0.353. The topological polar surface area (TPSA) is 67.9 Å². The number of halogens is 1. The maximum Gasteiger partial charge on any atom is 0.333 e. The summed E-state index contributed by atoms with van der Waals surface area (Å²) in [6, 6.07) is -0.417. The number of carbonyl (C=O) groups excluding carboxylic acids is 2. The van der Waals surface area contributed by atoms with E-state index < -0.39 is 0 Å². The number of ether oxygens (including phenoxy) is 2. The summed E-state index contributed by atoms with van der Waals surface area (Å²) in [5.41, 5.74) is 0.546. The van der Waals surface area contributed by atoms with Crippen molar-refractivity contribution in [2.24, 2.45) is 0 Å². The van der Waals surface area contributed by atoms with Gasteiger partial charge in [0.15, 0.2) is 0 Å². The summed E-state index contributed by atoms with van der Waals surface area (Å²) in [6.07, 6.45) is 7.38. The van der Waals surface area contributed by atoms with Crippen LogP contribution in [0.1, 0.15) is 47.0 Å². The Kier molecular flexibility index (Phi) is 13.6. The normalized spacial score (nSPS) is 21.2. The van der Waals surface area contributed by atoms with Crippen molar-refractivity contribution in [3.63, 3.8) is 0 Å². The zero-order valence-corrected chi connectivity index (χ0v) is 19.0. The largest absolute Gasteiger partial charge is 0.463 e. The van der Waals surface area contributed by atoms with E-state index in [9.17, 15) is 9.59 Å². The number of carbonyl (C=O) groups is 2. The van der Waals surface area contributed by atoms with Crippen LogP contribution in [0.25, 0.3) is 0 Å². The van der Waals surface area contributed by atoms with Crippen LogP contribution in [0.4, 0.5) is 0 Å². The molecule has 1 amide bonds. The second kappa shape index (κ2) is 14.4. The summed E-state index contributed by atoms with van der Waals surface area (Å²) in [5, 5.41) is 3.02. The van der Waals surface area contributed by atoms with Crippen molar-refractivity contribution in [2.75, 3.05) is 19.7 Å². The van der Waals surface area contributed by atoms with E-state index in [0.717, 1.165) is 12.8 Å². The van der Waals surface area contributed by atoms with Crippen LogP contribution in [0.5, 0.6) is 0 Å². The Morgan fingerprint density at radius 1 is 1.24 bits per heavy atom. The number of hydrogen-bond acceptors (Lipinski definition) is 5. The van der Waals surface area contributed by atoms with E-state index in [0.29, 0.717) is 31.7 Å². The molecular weight excluding hydrogens is 392 g/mol. The van der Waals surface area contributed by atoms with Gasteiger partial charge in [-0.25, -0.2) is 4.79 Å². The zero-order valence-electron chi connectivity index (χ0n) is 18.2. The quantitative estimate of drug-likeness (QED) is 0.381. The maximum atomic E-state index is 12.4. The van der Waals surface area contributed by atoms with Gasteiger partial charge < -0.3 is 14.8 Å². The number of nitrogens with zero attached hydrogens (tertiary/aromatic N) is 1. The predicted octanol–water partition coefficient (Wildman–Crippen LogP) is 3.42. The van der Waals surface area contributed by atoms with E-state index in [1.807, 2.05) is 18.2 Å². The van der Waals surface area contributed by atoms with Crippen LogP contribution in [0.15, 0.2) is 37.0 Å². The van der Waals surface area contributed by atoms with E-state index in [4.69, 9.17) is 9.47 Å². The molecule has 0 saturated heterocycles. The average molecular weight is 429 g/mol. The first-order chi connectivity index (χ1) is 13.4. The summed E-state index contributed by atoms with van der Waals surface area (Å²) in [4.78, 5) is 26.5. The molecule has 166 valence electrons. The molecule has 7 heteroatoms. The summed E-state index contributed by atoms with van der Waals surface area (Å²) >= 11 is 0. The Morgan fingerprint density at radius 2 is 1.83 bits per heavy atom. The Bertz CT molecular complexity index is 565. The fourth-order valence-corrected chi connectivity index (χ4v) is 3.66. The standard InChI is InChI=1S/C22H36N2O4.ClH/c1-7-12-24(13-8-2)21-19(23-16(6)25)14-17(22(26)27-11-5)15-20(21)28-18(9-3)10-4;/h7-8,15,18-21H,1-2,9-14H2,3-6H3,(H,23,25);1H. The molecule has 3 atom stereocenters. The minimum Gasteiger partial charge on any atom is -0.463 e. The molecule has 0 aromatic heterocycles. The minimum absolute atomic E-state index is 0. The molecule has 0 aromatic rings. The number of hydrogen-bond donors (Lipinski definition) is 1. The molecule has 0 heterocycles. The van der Waals surface area contributed by atoms with Crippen molar-refractivity contribution in [2.45, 2.75) is 71.2 Å². The molecule has 0 saturated carbocycles. The van der Waals surface area contributed by atoms with Crippen molar-refractivity contribution in [1.29, 1.82) is 0 Å². The average Bonchev–Trinajstić information content (AvgIpc) is 2.65. The molecule has 1 N–H and O–H groups in total. The lowest BCUT2D eigenvalue weighted by Crippen LogP contribution is -2.59. The van der Waals surface area contributed by atoms with Gasteiger partial charge in [-0.2, -0.15) is 0 Å². The number of amides is 1. The predicted molar refractivity (Wildman–Crippen MR) is 119 cm³/mol.